The molecule has 25 heavy (non-hydrogen) atoms. The summed E-state index contributed by atoms with van der Waals surface area (Å²) in [5.74, 6) is -0.0261. The van der Waals surface area contributed by atoms with E-state index in [-0.39, 0.29) is 11.3 Å². The number of hydrogen-bond donors (Lipinski definition) is 0. The molecule has 0 N–H and O–H groups in total. The summed E-state index contributed by atoms with van der Waals surface area (Å²) in [5.41, 5.74) is 3.45. The monoisotopic (exact) mass is 350 g/mol. The fourth-order valence-corrected chi connectivity index (χ4v) is 4.05. The van der Waals surface area contributed by atoms with Gasteiger partial charge in [0.05, 0.1) is 5.69 Å². The van der Waals surface area contributed by atoms with E-state index in [0.717, 1.165) is 21.5 Å². The molecule has 1 aromatic carbocycles. The number of benzene rings is 1. The minimum atomic E-state index is -0.236. The highest BCUT2D eigenvalue weighted by atomic mass is 32.1. The summed E-state index contributed by atoms with van der Waals surface area (Å²) in [6.07, 6.45) is 0. The van der Waals surface area contributed by atoms with Gasteiger partial charge in [-0.3, -0.25) is 9.59 Å². The number of rotatable bonds is 2. The summed E-state index contributed by atoms with van der Waals surface area (Å²) in [5, 5.41) is 9.24. The normalized spacial score (nSPS) is 11.3. The largest absolute Gasteiger partial charge is 0.295 e. The highest BCUT2D eigenvalue weighted by Gasteiger charge is 2.16. The minimum absolute atomic E-state index is 0.0261. The molecule has 3 heterocycles. The van der Waals surface area contributed by atoms with Crippen LogP contribution in [-0.2, 0) is 0 Å². The predicted molar refractivity (Wildman–Crippen MR) is 97.8 cm³/mol. The summed E-state index contributed by atoms with van der Waals surface area (Å²) < 4.78 is 1.78. The van der Waals surface area contributed by atoms with Gasteiger partial charge in [0.1, 0.15) is 15.0 Å². The maximum Gasteiger partial charge on any atom is 0.292 e. The summed E-state index contributed by atoms with van der Waals surface area (Å²) in [7, 11) is 0. The van der Waals surface area contributed by atoms with Crippen LogP contribution in [0.25, 0.3) is 26.1 Å². The molecule has 0 aliphatic carbocycles. The summed E-state index contributed by atoms with van der Waals surface area (Å²) >= 11 is 1.33. The van der Waals surface area contributed by atoms with Crippen molar-refractivity contribution in [2.75, 3.05) is 0 Å². The van der Waals surface area contributed by atoms with E-state index in [4.69, 9.17) is 0 Å². The Labute approximate surface area is 146 Å². The summed E-state index contributed by atoms with van der Waals surface area (Å²) in [4.78, 5) is 29.6. The van der Waals surface area contributed by atoms with E-state index in [1.807, 2.05) is 19.9 Å². The molecule has 4 rings (SSSR count). The molecule has 3 aromatic heterocycles. The highest BCUT2D eigenvalue weighted by molar-refractivity contribution is 7.25. The van der Waals surface area contributed by atoms with E-state index in [1.54, 1.807) is 24.3 Å². The van der Waals surface area contributed by atoms with Crippen LogP contribution in [0.3, 0.4) is 0 Å². The van der Waals surface area contributed by atoms with Crippen molar-refractivity contribution in [2.45, 2.75) is 20.8 Å². The molecule has 0 radical (unpaired) electrons. The molecule has 0 aliphatic rings. The Morgan fingerprint density at radius 3 is 2.56 bits per heavy atom. The van der Waals surface area contributed by atoms with E-state index in [2.05, 4.69) is 15.3 Å². The molecule has 6 nitrogen and oxygen atoms in total. The van der Waals surface area contributed by atoms with Gasteiger partial charge in [-0.25, -0.2) is 4.98 Å². The van der Waals surface area contributed by atoms with Crippen LogP contribution in [0.4, 0.5) is 0 Å². The molecule has 0 spiro atoms. The lowest BCUT2D eigenvalue weighted by Crippen LogP contribution is -2.21. The first kappa shape index (κ1) is 15.6. The number of Topliss-reactive ketones (excluding diaryl/α,β-unsaturated/α-hetero) is 1. The number of pyridine rings is 1. The van der Waals surface area contributed by atoms with Crippen LogP contribution >= 0.6 is 11.3 Å². The Balaban J connectivity index is 1.96. The van der Waals surface area contributed by atoms with Crippen LogP contribution in [0.2, 0.25) is 0 Å². The molecule has 0 atom stereocenters. The van der Waals surface area contributed by atoms with Gasteiger partial charge in [-0.2, -0.15) is 4.68 Å². The van der Waals surface area contributed by atoms with Gasteiger partial charge in [-0.1, -0.05) is 5.21 Å². The molecule has 0 saturated carbocycles. The second kappa shape index (κ2) is 5.56. The SMILES string of the molecule is CC(=O)c1ccc(-n2nnc3c(sc4nc(C)cc(C)c43)c2=O)cc1. The first-order valence-corrected chi connectivity index (χ1v) is 8.55. The summed E-state index contributed by atoms with van der Waals surface area (Å²) in [6, 6.07) is 8.72. The van der Waals surface area contributed by atoms with E-state index in [9.17, 15) is 9.59 Å². The molecule has 0 unspecified atom stereocenters. The summed E-state index contributed by atoms with van der Waals surface area (Å²) in [6.45, 7) is 5.41. The van der Waals surface area contributed by atoms with Crippen LogP contribution in [0, 0.1) is 13.8 Å². The number of thiophene rings is 1. The van der Waals surface area contributed by atoms with Gasteiger partial charge in [0.25, 0.3) is 5.56 Å². The third kappa shape index (κ3) is 2.44. The molecule has 0 amide bonds. The third-order valence-corrected chi connectivity index (χ3v) is 5.16. The van der Waals surface area contributed by atoms with Crippen molar-refractivity contribution in [3.05, 3.63) is 57.5 Å². The van der Waals surface area contributed by atoms with Crippen molar-refractivity contribution in [3.8, 4) is 5.69 Å². The zero-order valence-electron chi connectivity index (χ0n) is 13.9. The van der Waals surface area contributed by atoms with Crippen molar-refractivity contribution in [2.24, 2.45) is 0 Å². The van der Waals surface area contributed by atoms with Gasteiger partial charge < -0.3 is 0 Å². The Bertz CT molecular complexity index is 1210. The van der Waals surface area contributed by atoms with Crippen molar-refractivity contribution in [1.82, 2.24) is 20.0 Å². The first-order valence-electron chi connectivity index (χ1n) is 7.73. The number of ketones is 1. The lowest BCUT2D eigenvalue weighted by Gasteiger charge is -2.04. The molecule has 7 heteroatoms. The molecular weight excluding hydrogens is 336 g/mol. The van der Waals surface area contributed by atoms with Gasteiger partial charge in [-0.15, -0.1) is 16.4 Å². The number of hydrogen-bond acceptors (Lipinski definition) is 6. The van der Waals surface area contributed by atoms with Crippen LogP contribution < -0.4 is 5.56 Å². The minimum Gasteiger partial charge on any atom is -0.295 e. The average molecular weight is 350 g/mol. The number of carbonyl (C=O) groups excluding carboxylic acids is 1. The Hall–Kier alpha value is -2.93. The van der Waals surface area contributed by atoms with Gasteiger partial charge in [0, 0.05) is 16.6 Å². The number of aromatic nitrogens is 4. The van der Waals surface area contributed by atoms with Crippen molar-refractivity contribution < 1.29 is 4.79 Å². The molecule has 0 fully saturated rings. The third-order valence-electron chi connectivity index (χ3n) is 4.10. The first-order chi connectivity index (χ1) is 12.0. The van der Waals surface area contributed by atoms with Crippen molar-refractivity contribution >= 4 is 37.6 Å². The number of nitrogens with zero attached hydrogens (tertiary/aromatic N) is 4. The average Bonchev–Trinajstić information content (AvgIpc) is 2.95. The standard InChI is InChI=1S/C18H14N4O2S/c1-9-8-10(2)19-17-14(9)15-16(25-17)18(24)22(21-20-15)13-6-4-12(5-7-13)11(3)23/h4-8H,1-3H3. The Morgan fingerprint density at radius 1 is 1.16 bits per heavy atom. The molecule has 0 bridgehead atoms. The molecular formula is C18H14N4O2S. The fraction of sp³-hybridized carbons (Fsp3) is 0.167. The van der Waals surface area contributed by atoms with Crippen LogP contribution in [0.5, 0.6) is 0 Å². The van der Waals surface area contributed by atoms with E-state index in [0.29, 0.717) is 21.5 Å². The van der Waals surface area contributed by atoms with E-state index < -0.39 is 0 Å². The van der Waals surface area contributed by atoms with Crippen LogP contribution in [0.15, 0.2) is 35.1 Å². The van der Waals surface area contributed by atoms with Gasteiger partial charge >= 0.3 is 0 Å². The maximum absolute atomic E-state index is 12.9. The lowest BCUT2D eigenvalue weighted by molar-refractivity contribution is 0.101. The Morgan fingerprint density at radius 2 is 1.88 bits per heavy atom. The van der Waals surface area contributed by atoms with Crippen LogP contribution in [-0.4, -0.2) is 25.8 Å². The molecule has 4 aromatic rings. The van der Waals surface area contributed by atoms with Crippen LogP contribution in [0.1, 0.15) is 28.5 Å². The zero-order chi connectivity index (χ0) is 17.7. The lowest BCUT2D eigenvalue weighted by atomic mass is 10.1. The van der Waals surface area contributed by atoms with Gasteiger partial charge in [-0.05, 0) is 56.7 Å². The van der Waals surface area contributed by atoms with E-state index in [1.165, 1.54) is 22.9 Å². The number of aryl methyl sites for hydroxylation is 2. The molecule has 0 aliphatic heterocycles. The zero-order valence-corrected chi connectivity index (χ0v) is 14.7. The topological polar surface area (TPSA) is 77.7 Å². The predicted octanol–water partition coefficient (Wildman–Crippen LogP) is 3.21. The maximum atomic E-state index is 12.9. The highest BCUT2D eigenvalue weighted by Crippen LogP contribution is 2.31. The smallest absolute Gasteiger partial charge is 0.292 e. The molecule has 124 valence electrons. The molecule has 0 saturated heterocycles. The quantitative estimate of drug-likeness (QED) is 0.519. The second-order valence-electron chi connectivity index (χ2n) is 5.95. The van der Waals surface area contributed by atoms with E-state index >= 15 is 0 Å². The fourth-order valence-electron chi connectivity index (χ4n) is 2.90. The van der Waals surface area contributed by atoms with Gasteiger partial charge in [0.15, 0.2) is 5.78 Å². The van der Waals surface area contributed by atoms with Gasteiger partial charge in [0.2, 0.25) is 0 Å². The number of fused-ring (bicyclic) bond motifs is 3. The van der Waals surface area contributed by atoms with Crippen molar-refractivity contribution in [1.29, 1.82) is 0 Å². The number of carbonyl (C=O) groups is 1. The van der Waals surface area contributed by atoms with Crippen molar-refractivity contribution in [3.63, 3.8) is 0 Å². The Kier molecular flexibility index (Phi) is 3.47. The second-order valence-corrected chi connectivity index (χ2v) is 6.95.